The fraction of sp³-hybridized carbons (Fsp3) is 0.333. The minimum absolute atomic E-state index is 0.414. The number of hydrogen-bond donors (Lipinski definition) is 2. The van der Waals surface area contributed by atoms with Gasteiger partial charge in [0.15, 0.2) is 11.7 Å². The van der Waals surface area contributed by atoms with E-state index in [0.29, 0.717) is 5.57 Å². The van der Waals surface area contributed by atoms with Gasteiger partial charge in [0, 0.05) is 0 Å². The van der Waals surface area contributed by atoms with Gasteiger partial charge in [-0.25, -0.2) is 8.78 Å². The van der Waals surface area contributed by atoms with E-state index in [-0.39, 0.29) is 0 Å². The van der Waals surface area contributed by atoms with Crippen LogP contribution in [0, 0.1) is 0 Å². The zero-order valence-corrected chi connectivity index (χ0v) is 7.64. The maximum Gasteiger partial charge on any atom is 0.158 e. The minimum Gasteiger partial charge on any atom is -0.316 e. The van der Waals surface area contributed by atoms with E-state index < -0.39 is 17.7 Å². The molecule has 0 amide bonds. The highest BCUT2D eigenvalue weighted by Gasteiger charge is 2.04. The van der Waals surface area contributed by atoms with Gasteiger partial charge in [-0.1, -0.05) is 12.2 Å². The van der Waals surface area contributed by atoms with Crippen LogP contribution in [-0.4, -0.2) is 11.2 Å². The highest BCUT2D eigenvalue weighted by molar-refractivity contribution is 5.26. The molecule has 0 aromatic carbocycles. The lowest BCUT2D eigenvalue weighted by atomic mass is 10.1. The summed E-state index contributed by atoms with van der Waals surface area (Å²) in [5.41, 5.74) is 2.40. The predicted molar refractivity (Wildman–Crippen MR) is 47.6 cm³/mol. The van der Waals surface area contributed by atoms with E-state index in [0.717, 1.165) is 12.2 Å². The van der Waals surface area contributed by atoms with E-state index in [1.165, 1.54) is 0 Å². The van der Waals surface area contributed by atoms with Crippen molar-refractivity contribution in [1.29, 1.82) is 0 Å². The van der Waals surface area contributed by atoms with Gasteiger partial charge in [0.1, 0.15) is 0 Å². The number of hydrogen-bond acceptors (Lipinski definition) is 2. The highest BCUT2D eigenvalue weighted by atomic mass is 19.2. The van der Waals surface area contributed by atoms with Crippen LogP contribution in [0.25, 0.3) is 0 Å². The summed E-state index contributed by atoms with van der Waals surface area (Å²) in [5, 5.41) is 8.47. The zero-order valence-electron chi connectivity index (χ0n) is 7.64. The van der Waals surface area contributed by atoms with E-state index >= 15 is 0 Å². The largest absolute Gasteiger partial charge is 0.316 e. The van der Waals surface area contributed by atoms with E-state index in [1.54, 1.807) is 13.8 Å². The summed E-state index contributed by atoms with van der Waals surface area (Å²) in [5.74, 6) is -2.00. The van der Waals surface area contributed by atoms with Crippen LogP contribution in [0.1, 0.15) is 13.8 Å². The Morgan fingerprint density at radius 1 is 1.46 bits per heavy atom. The van der Waals surface area contributed by atoms with Crippen LogP contribution in [0.4, 0.5) is 8.78 Å². The molecular formula is C9H13F2NO. The van der Waals surface area contributed by atoms with Gasteiger partial charge < -0.3 is 5.21 Å². The quantitative estimate of drug-likeness (QED) is 0.526. The summed E-state index contributed by atoms with van der Waals surface area (Å²) in [6, 6.07) is -0.414. The van der Waals surface area contributed by atoms with Crippen LogP contribution in [0.15, 0.2) is 36.0 Å². The third-order valence-corrected chi connectivity index (χ3v) is 1.64. The molecule has 0 radical (unpaired) electrons. The maximum atomic E-state index is 12.8. The van der Waals surface area contributed by atoms with Crippen molar-refractivity contribution in [3.05, 3.63) is 36.0 Å². The Hall–Kier alpha value is -1.00. The lowest BCUT2D eigenvalue weighted by molar-refractivity contribution is 0.145. The normalized spacial score (nSPS) is 16.5. The van der Waals surface area contributed by atoms with Crippen LogP contribution < -0.4 is 5.48 Å². The standard InChI is InChI=1S/C9H13F2NO/c1-4-8(10)9(11)5-6(2)7(3)12-13/h4-5,7,12-13H,1H2,2-3H3/b6-5+,9-8-/t7-/m0/s1. The summed E-state index contributed by atoms with van der Waals surface area (Å²) in [6.45, 7) is 6.28. The summed E-state index contributed by atoms with van der Waals surface area (Å²) in [6.07, 6.45) is 1.79. The minimum atomic E-state index is -1.01. The molecule has 0 aliphatic carbocycles. The van der Waals surface area contributed by atoms with Crippen molar-refractivity contribution in [3.8, 4) is 0 Å². The van der Waals surface area contributed by atoms with Gasteiger partial charge in [-0.3, -0.25) is 0 Å². The molecule has 2 nitrogen and oxygen atoms in total. The Bertz CT molecular complexity index is 246. The van der Waals surface area contributed by atoms with E-state index in [4.69, 9.17) is 5.21 Å². The lowest BCUT2D eigenvalue weighted by Crippen LogP contribution is -2.22. The molecule has 0 aromatic rings. The third-order valence-electron chi connectivity index (χ3n) is 1.64. The number of hydroxylamine groups is 1. The summed E-state index contributed by atoms with van der Waals surface area (Å²) in [4.78, 5) is 0. The Morgan fingerprint density at radius 3 is 2.38 bits per heavy atom. The molecule has 0 saturated carbocycles. The first kappa shape index (κ1) is 12.0. The molecule has 0 aromatic heterocycles. The zero-order chi connectivity index (χ0) is 10.4. The van der Waals surface area contributed by atoms with Crippen LogP contribution >= 0.6 is 0 Å². The SMILES string of the molecule is C=C/C(F)=C(F)\C=C(/C)[C@H](C)NO. The van der Waals surface area contributed by atoms with Crippen LogP contribution in [-0.2, 0) is 0 Å². The van der Waals surface area contributed by atoms with Gasteiger partial charge in [-0.15, -0.1) is 0 Å². The topological polar surface area (TPSA) is 32.3 Å². The van der Waals surface area contributed by atoms with E-state index in [9.17, 15) is 8.78 Å². The van der Waals surface area contributed by atoms with Gasteiger partial charge >= 0.3 is 0 Å². The van der Waals surface area contributed by atoms with Gasteiger partial charge in [-0.2, -0.15) is 5.48 Å². The van der Waals surface area contributed by atoms with Crippen molar-refractivity contribution in [1.82, 2.24) is 5.48 Å². The van der Waals surface area contributed by atoms with E-state index in [2.05, 4.69) is 6.58 Å². The Balaban J connectivity index is 4.65. The van der Waals surface area contributed by atoms with E-state index in [1.807, 2.05) is 5.48 Å². The van der Waals surface area contributed by atoms with Crippen molar-refractivity contribution in [2.45, 2.75) is 19.9 Å². The summed E-state index contributed by atoms with van der Waals surface area (Å²) >= 11 is 0. The predicted octanol–water partition coefficient (Wildman–Crippen LogP) is 2.64. The molecule has 0 unspecified atom stereocenters. The number of halogens is 2. The molecule has 0 bridgehead atoms. The van der Waals surface area contributed by atoms with Crippen molar-refractivity contribution in [2.75, 3.05) is 0 Å². The molecule has 13 heavy (non-hydrogen) atoms. The number of rotatable bonds is 4. The first-order valence-electron chi connectivity index (χ1n) is 3.78. The molecule has 0 heterocycles. The second-order valence-electron chi connectivity index (χ2n) is 2.64. The molecule has 0 aliphatic rings. The maximum absolute atomic E-state index is 12.8. The average Bonchev–Trinajstić information content (AvgIpc) is 2.14. The van der Waals surface area contributed by atoms with Crippen LogP contribution in [0.3, 0.4) is 0 Å². The van der Waals surface area contributed by atoms with Crippen molar-refractivity contribution in [2.24, 2.45) is 0 Å². The molecule has 4 heteroatoms. The molecule has 1 atom stereocenters. The van der Waals surface area contributed by atoms with Crippen molar-refractivity contribution >= 4 is 0 Å². The Kier molecular flexibility index (Phi) is 5.18. The number of allylic oxidation sites excluding steroid dienone is 4. The van der Waals surface area contributed by atoms with Gasteiger partial charge in [-0.05, 0) is 26.0 Å². The van der Waals surface area contributed by atoms with Crippen LogP contribution in [0.5, 0.6) is 0 Å². The molecular weight excluding hydrogens is 176 g/mol. The molecule has 0 spiro atoms. The molecule has 0 rings (SSSR count). The molecule has 0 aliphatic heterocycles. The van der Waals surface area contributed by atoms with Crippen molar-refractivity contribution in [3.63, 3.8) is 0 Å². The molecule has 0 saturated heterocycles. The van der Waals surface area contributed by atoms with Gasteiger partial charge in [0.2, 0.25) is 0 Å². The molecule has 0 fully saturated rings. The molecule has 74 valence electrons. The third kappa shape index (κ3) is 3.96. The first-order chi connectivity index (χ1) is 6.02. The van der Waals surface area contributed by atoms with Gasteiger partial charge in [0.05, 0.1) is 6.04 Å². The first-order valence-corrected chi connectivity index (χ1v) is 3.78. The lowest BCUT2D eigenvalue weighted by Gasteiger charge is -2.08. The van der Waals surface area contributed by atoms with Gasteiger partial charge in [0.25, 0.3) is 0 Å². The fourth-order valence-electron chi connectivity index (χ4n) is 0.593. The summed E-state index contributed by atoms with van der Waals surface area (Å²) in [7, 11) is 0. The smallest absolute Gasteiger partial charge is 0.158 e. The Labute approximate surface area is 76.2 Å². The number of nitrogens with one attached hydrogen (secondary N) is 1. The average molecular weight is 189 g/mol. The highest BCUT2D eigenvalue weighted by Crippen LogP contribution is 2.13. The second kappa shape index (κ2) is 5.61. The Morgan fingerprint density at radius 2 is 2.00 bits per heavy atom. The van der Waals surface area contributed by atoms with Crippen LogP contribution in [0.2, 0.25) is 0 Å². The van der Waals surface area contributed by atoms with Crippen molar-refractivity contribution < 1.29 is 14.0 Å². The second-order valence-corrected chi connectivity index (χ2v) is 2.64. The fourth-order valence-corrected chi connectivity index (χ4v) is 0.593. The monoisotopic (exact) mass is 189 g/mol. The summed E-state index contributed by atoms with van der Waals surface area (Å²) < 4.78 is 25.3. The molecule has 2 N–H and O–H groups in total.